The van der Waals surface area contributed by atoms with Crippen LogP contribution in [0.2, 0.25) is 0 Å². The molecule has 1 saturated heterocycles. The second-order valence-electron chi connectivity index (χ2n) is 7.45. The van der Waals surface area contributed by atoms with Gasteiger partial charge in [-0.3, -0.25) is 0 Å². The predicted molar refractivity (Wildman–Crippen MR) is 79.4 cm³/mol. The van der Waals surface area contributed by atoms with Crippen LogP contribution in [-0.2, 0) is 11.8 Å². The van der Waals surface area contributed by atoms with Crippen LogP contribution in [0.25, 0.3) is 0 Å². The molecule has 2 fully saturated rings. The highest BCUT2D eigenvalue weighted by molar-refractivity contribution is 5.37. The lowest BCUT2D eigenvalue weighted by Gasteiger charge is -2.38. The standard InChI is InChI=1S/C18H25N/c1-18-8-9-19(12-14-6-7-14)13-15(11-18)10-16-4-2-3-5-17(16)18/h2-5,14-15H,6-13H2,1H3. The summed E-state index contributed by atoms with van der Waals surface area (Å²) in [5.74, 6) is 1.93. The van der Waals surface area contributed by atoms with E-state index in [1.165, 1.54) is 51.7 Å². The molecule has 1 heterocycles. The number of likely N-dealkylation sites (tertiary alicyclic amines) is 1. The minimum absolute atomic E-state index is 0.442. The molecule has 2 bridgehead atoms. The Morgan fingerprint density at radius 2 is 2.11 bits per heavy atom. The van der Waals surface area contributed by atoms with Gasteiger partial charge in [0.2, 0.25) is 0 Å². The summed E-state index contributed by atoms with van der Waals surface area (Å²) in [7, 11) is 0. The summed E-state index contributed by atoms with van der Waals surface area (Å²) in [6, 6.07) is 9.22. The van der Waals surface area contributed by atoms with Crippen LogP contribution in [0.4, 0.5) is 0 Å². The molecule has 0 radical (unpaired) electrons. The van der Waals surface area contributed by atoms with E-state index in [0.29, 0.717) is 5.41 Å². The van der Waals surface area contributed by atoms with Crippen molar-refractivity contribution in [1.29, 1.82) is 0 Å². The molecular formula is C18H25N. The zero-order valence-electron chi connectivity index (χ0n) is 12.1. The Balaban J connectivity index is 1.61. The SMILES string of the molecule is CC12CCN(CC3CC3)CC(Cc3ccccc31)C2. The fourth-order valence-corrected chi connectivity index (χ4v) is 4.48. The van der Waals surface area contributed by atoms with Gasteiger partial charge in [0.15, 0.2) is 0 Å². The van der Waals surface area contributed by atoms with Gasteiger partial charge in [0.05, 0.1) is 0 Å². The van der Waals surface area contributed by atoms with Gasteiger partial charge in [0, 0.05) is 13.1 Å². The summed E-state index contributed by atoms with van der Waals surface area (Å²) in [4.78, 5) is 2.78. The van der Waals surface area contributed by atoms with E-state index in [4.69, 9.17) is 0 Å². The van der Waals surface area contributed by atoms with Crippen molar-refractivity contribution in [3.63, 3.8) is 0 Å². The van der Waals surface area contributed by atoms with Crippen molar-refractivity contribution >= 4 is 0 Å². The molecule has 0 aromatic heterocycles. The fourth-order valence-electron chi connectivity index (χ4n) is 4.48. The minimum atomic E-state index is 0.442. The Labute approximate surface area is 117 Å². The zero-order valence-corrected chi connectivity index (χ0v) is 12.1. The van der Waals surface area contributed by atoms with E-state index < -0.39 is 0 Å². The van der Waals surface area contributed by atoms with Crippen LogP contribution >= 0.6 is 0 Å². The summed E-state index contributed by atoms with van der Waals surface area (Å²) in [6.45, 7) is 6.56. The minimum Gasteiger partial charge on any atom is -0.303 e. The second-order valence-corrected chi connectivity index (χ2v) is 7.45. The Bertz CT molecular complexity index is 476. The van der Waals surface area contributed by atoms with Crippen molar-refractivity contribution in [1.82, 2.24) is 4.90 Å². The lowest BCUT2D eigenvalue weighted by molar-refractivity contribution is 0.238. The predicted octanol–water partition coefficient (Wildman–Crippen LogP) is 3.62. The first-order valence-electron chi connectivity index (χ1n) is 8.04. The molecule has 0 spiro atoms. The molecule has 0 N–H and O–H groups in total. The van der Waals surface area contributed by atoms with Gasteiger partial charge >= 0.3 is 0 Å². The van der Waals surface area contributed by atoms with Gasteiger partial charge in [-0.1, -0.05) is 31.2 Å². The number of rotatable bonds is 2. The van der Waals surface area contributed by atoms with Crippen LogP contribution in [0.3, 0.4) is 0 Å². The van der Waals surface area contributed by atoms with Crippen molar-refractivity contribution in [2.75, 3.05) is 19.6 Å². The van der Waals surface area contributed by atoms with E-state index >= 15 is 0 Å². The first kappa shape index (κ1) is 12.0. The summed E-state index contributed by atoms with van der Waals surface area (Å²) in [5.41, 5.74) is 3.73. The fraction of sp³-hybridized carbons (Fsp3) is 0.667. The quantitative estimate of drug-likeness (QED) is 0.780. The van der Waals surface area contributed by atoms with Gasteiger partial charge in [-0.15, -0.1) is 0 Å². The largest absolute Gasteiger partial charge is 0.303 e. The Morgan fingerprint density at radius 1 is 1.26 bits per heavy atom. The van der Waals surface area contributed by atoms with E-state index in [2.05, 4.69) is 36.1 Å². The van der Waals surface area contributed by atoms with Crippen LogP contribution in [0, 0.1) is 11.8 Å². The van der Waals surface area contributed by atoms with Crippen LogP contribution in [0.5, 0.6) is 0 Å². The van der Waals surface area contributed by atoms with E-state index in [9.17, 15) is 0 Å². The molecule has 1 nitrogen and oxygen atoms in total. The van der Waals surface area contributed by atoms with Gasteiger partial charge in [0.25, 0.3) is 0 Å². The molecule has 3 aliphatic rings. The van der Waals surface area contributed by atoms with Gasteiger partial charge in [-0.05, 0) is 67.0 Å². The molecule has 2 atom stereocenters. The number of fused-ring (bicyclic) bond motifs is 4. The van der Waals surface area contributed by atoms with E-state index in [-0.39, 0.29) is 0 Å². The monoisotopic (exact) mass is 255 g/mol. The average Bonchev–Trinajstić information content (AvgIpc) is 3.20. The topological polar surface area (TPSA) is 3.24 Å². The molecule has 4 rings (SSSR count). The third-order valence-corrected chi connectivity index (χ3v) is 5.62. The van der Waals surface area contributed by atoms with Crippen molar-refractivity contribution in [2.24, 2.45) is 11.8 Å². The molecule has 1 aliphatic heterocycles. The Kier molecular flexibility index (Phi) is 2.73. The van der Waals surface area contributed by atoms with Crippen molar-refractivity contribution in [3.05, 3.63) is 35.4 Å². The second kappa shape index (κ2) is 4.34. The Morgan fingerprint density at radius 3 is 2.95 bits per heavy atom. The van der Waals surface area contributed by atoms with Crippen molar-refractivity contribution < 1.29 is 0 Å². The smallest absolute Gasteiger partial charge is 0.00133 e. The third-order valence-electron chi connectivity index (χ3n) is 5.62. The van der Waals surface area contributed by atoms with E-state index in [1.54, 1.807) is 11.1 Å². The zero-order chi connectivity index (χ0) is 12.9. The lowest BCUT2D eigenvalue weighted by atomic mass is 9.66. The summed E-state index contributed by atoms with van der Waals surface area (Å²) >= 11 is 0. The first-order valence-corrected chi connectivity index (χ1v) is 8.04. The maximum atomic E-state index is 2.78. The highest BCUT2D eigenvalue weighted by Crippen LogP contribution is 2.44. The molecule has 1 heteroatoms. The van der Waals surface area contributed by atoms with E-state index in [0.717, 1.165) is 11.8 Å². The van der Waals surface area contributed by atoms with Gasteiger partial charge < -0.3 is 4.90 Å². The van der Waals surface area contributed by atoms with E-state index in [1.807, 2.05) is 0 Å². The normalized spacial score (nSPS) is 34.7. The molecule has 2 aliphatic carbocycles. The highest BCUT2D eigenvalue weighted by atomic mass is 15.1. The van der Waals surface area contributed by atoms with Crippen LogP contribution in [0.1, 0.15) is 43.7 Å². The van der Waals surface area contributed by atoms with Crippen LogP contribution in [0.15, 0.2) is 24.3 Å². The number of nitrogens with zero attached hydrogens (tertiary/aromatic N) is 1. The number of benzene rings is 1. The van der Waals surface area contributed by atoms with Crippen molar-refractivity contribution in [3.8, 4) is 0 Å². The van der Waals surface area contributed by atoms with Gasteiger partial charge in [0.1, 0.15) is 0 Å². The first-order chi connectivity index (χ1) is 9.23. The van der Waals surface area contributed by atoms with Gasteiger partial charge in [-0.2, -0.15) is 0 Å². The molecule has 1 aromatic rings. The molecule has 1 aromatic carbocycles. The lowest BCUT2D eigenvalue weighted by Crippen LogP contribution is -2.33. The third kappa shape index (κ3) is 2.23. The van der Waals surface area contributed by atoms with Crippen LogP contribution in [-0.4, -0.2) is 24.5 Å². The Hall–Kier alpha value is -0.820. The highest BCUT2D eigenvalue weighted by Gasteiger charge is 2.40. The maximum Gasteiger partial charge on any atom is 0.00133 e. The van der Waals surface area contributed by atoms with Crippen molar-refractivity contribution in [2.45, 2.75) is 44.4 Å². The van der Waals surface area contributed by atoms with Gasteiger partial charge in [-0.25, -0.2) is 0 Å². The molecule has 1 saturated carbocycles. The summed E-state index contributed by atoms with van der Waals surface area (Å²) in [5, 5.41) is 0. The summed E-state index contributed by atoms with van der Waals surface area (Å²) < 4.78 is 0. The molecule has 102 valence electrons. The molecular weight excluding hydrogens is 230 g/mol. The summed E-state index contributed by atoms with van der Waals surface area (Å²) in [6.07, 6.45) is 7.04. The molecule has 0 amide bonds. The molecule has 2 unspecified atom stereocenters. The maximum absolute atomic E-state index is 2.78. The van der Waals surface area contributed by atoms with Crippen LogP contribution < -0.4 is 0 Å². The number of hydrogen-bond donors (Lipinski definition) is 0. The average molecular weight is 255 g/mol. The number of hydrogen-bond acceptors (Lipinski definition) is 1. The molecule has 19 heavy (non-hydrogen) atoms.